The van der Waals surface area contributed by atoms with Crippen molar-refractivity contribution in [3.05, 3.63) is 87.9 Å². The fourth-order valence-corrected chi connectivity index (χ4v) is 3.51. The normalized spacial score (nSPS) is 11.2. The van der Waals surface area contributed by atoms with Crippen LogP contribution >= 0.6 is 23.2 Å². The van der Waals surface area contributed by atoms with Crippen LogP contribution in [0.2, 0.25) is 10.0 Å². The van der Waals surface area contributed by atoms with Gasteiger partial charge in [-0.1, -0.05) is 65.7 Å². The number of hydrogen-bond donors (Lipinski definition) is 0. The molecule has 0 saturated heterocycles. The van der Waals surface area contributed by atoms with Crippen molar-refractivity contribution in [2.45, 2.75) is 13.5 Å². The average Bonchev–Trinajstić information content (AvgIpc) is 2.97. The summed E-state index contributed by atoms with van der Waals surface area (Å²) in [6.07, 6.45) is 0. The Bertz CT molecular complexity index is 1070. The SMILES string of the molecule is Cc1cccc2c1nc(-c1ccccc1Cl)n2Cc1ccccc1Cl. The molecular formula is C21H16Cl2N2. The zero-order valence-electron chi connectivity index (χ0n) is 13.7. The molecule has 4 heteroatoms. The van der Waals surface area contributed by atoms with Crippen LogP contribution in [0.25, 0.3) is 22.4 Å². The largest absolute Gasteiger partial charge is 0.319 e. The second-order valence-corrected chi connectivity index (χ2v) is 6.85. The quantitative estimate of drug-likeness (QED) is 0.412. The number of nitrogens with zero attached hydrogens (tertiary/aromatic N) is 2. The molecule has 0 aliphatic heterocycles. The number of para-hydroxylation sites is 1. The zero-order valence-corrected chi connectivity index (χ0v) is 15.2. The number of imidazole rings is 1. The smallest absolute Gasteiger partial charge is 0.142 e. The third-order valence-electron chi connectivity index (χ3n) is 4.38. The predicted molar refractivity (Wildman–Crippen MR) is 105 cm³/mol. The van der Waals surface area contributed by atoms with E-state index in [-0.39, 0.29) is 0 Å². The van der Waals surface area contributed by atoms with E-state index in [2.05, 4.69) is 29.7 Å². The van der Waals surface area contributed by atoms with Crippen molar-refractivity contribution in [1.82, 2.24) is 9.55 Å². The van der Waals surface area contributed by atoms with Crippen molar-refractivity contribution in [2.75, 3.05) is 0 Å². The molecule has 1 heterocycles. The summed E-state index contributed by atoms with van der Waals surface area (Å²) in [4.78, 5) is 4.90. The summed E-state index contributed by atoms with van der Waals surface area (Å²) >= 11 is 12.8. The maximum atomic E-state index is 6.45. The Morgan fingerprint density at radius 3 is 2.32 bits per heavy atom. The fraction of sp³-hybridized carbons (Fsp3) is 0.0952. The first kappa shape index (κ1) is 16.2. The van der Waals surface area contributed by atoms with Crippen molar-refractivity contribution in [2.24, 2.45) is 0 Å². The molecular weight excluding hydrogens is 351 g/mol. The van der Waals surface area contributed by atoms with Crippen molar-refractivity contribution in [1.29, 1.82) is 0 Å². The maximum Gasteiger partial charge on any atom is 0.142 e. The van der Waals surface area contributed by atoms with Gasteiger partial charge in [-0.3, -0.25) is 0 Å². The highest BCUT2D eigenvalue weighted by molar-refractivity contribution is 6.33. The molecule has 0 aliphatic carbocycles. The highest BCUT2D eigenvalue weighted by Crippen LogP contribution is 2.32. The van der Waals surface area contributed by atoms with Gasteiger partial charge in [0.2, 0.25) is 0 Å². The summed E-state index contributed by atoms with van der Waals surface area (Å²) < 4.78 is 2.19. The second-order valence-electron chi connectivity index (χ2n) is 6.04. The molecule has 0 bridgehead atoms. The summed E-state index contributed by atoms with van der Waals surface area (Å²) in [7, 11) is 0. The third-order valence-corrected chi connectivity index (χ3v) is 5.08. The van der Waals surface area contributed by atoms with E-state index in [9.17, 15) is 0 Å². The molecule has 0 atom stereocenters. The molecule has 0 spiro atoms. The minimum Gasteiger partial charge on any atom is -0.319 e. The minimum atomic E-state index is 0.639. The number of aryl methyl sites for hydroxylation is 1. The first-order valence-electron chi connectivity index (χ1n) is 8.09. The molecule has 2 nitrogen and oxygen atoms in total. The van der Waals surface area contributed by atoms with Crippen LogP contribution in [0.3, 0.4) is 0 Å². The Balaban J connectivity index is 1.98. The fourth-order valence-electron chi connectivity index (χ4n) is 3.09. The molecule has 124 valence electrons. The second kappa shape index (κ2) is 6.55. The van der Waals surface area contributed by atoms with Crippen LogP contribution in [0.1, 0.15) is 11.1 Å². The highest BCUT2D eigenvalue weighted by atomic mass is 35.5. The van der Waals surface area contributed by atoms with E-state index >= 15 is 0 Å². The molecule has 0 unspecified atom stereocenters. The minimum absolute atomic E-state index is 0.639. The van der Waals surface area contributed by atoms with Crippen LogP contribution in [-0.4, -0.2) is 9.55 Å². The summed E-state index contributed by atoms with van der Waals surface area (Å²) in [5, 5.41) is 1.44. The molecule has 0 N–H and O–H groups in total. The van der Waals surface area contributed by atoms with Crippen LogP contribution in [-0.2, 0) is 6.54 Å². The number of aromatic nitrogens is 2. The molecule has 0 amide bonds. The lowest BCUT2D eigenvalue weighted by atomic mass is 10.2. The van der Waals surface area contributed by atoms with E-state index in [1.54, 1.807) is 0 Å². The summed E-state index contributed by atoms with van der Waals surface area (Å²) in [6.45, 7) is 2.71. The van der Waals surface area contributed by atoms with Gasteiger partial charge >= 0.3 is 0 Å². The van der Waals surface area contributed by atoms with Crippen LogP contribution in [0.5, 0.6) is 0 Å². The molecule has 0 radical (unpaired) electrons. The molecule has 0 aliphatic rings. The maximum absolute atomic E-state index is 6.45. The first-order valence-corrected chi connectivity index (χ1v) is 8.85. The Morgan fingerprint density at radius 2 is 1.56 bits per heavy atom. The van der Waals surface area contributed by atoms with Crippen molar-refractivity contribution < 1.29 is 0 Å². The Hall–Kier alpha value is -2.29. The van der Waals surface area contributed by atoms with E-state index in [1.165, 1.54) is 0 Å². The van der Waals surface area contributed by atoms with Gasteiger partial charge < -0.3 is 4.57 Å². The van der Waals surface area contributed by atoms with E-state index in [4.69, 9.17) is 28.2 Å². The predicted octanol–water partition coefficient (Wildman–Crippen LogP) is 6.37. The van der Waals surface area contributed by atoms with Crippen molar-refractivity contribution in [3.63, 3.8) is 0 Å². The summed E-state index contributed by atoms with van der Waals surface area (Å²) in [5.74, 6) is 0.856. The Kier molecular flexibility index (Phi) is 4.24. The highest BCUT2D eigenvalue weighted by Gasteiger charge is 2.16. The Morgan fingerprint density at radius 1 is 0.840 bits per heavy atom. The molecule has 3 aromatic carbocycles. The molecule has 0 saturated carbocycles. The third kappa shape index (κ3) is 2.92. The number of halogens is 2. The van der Waals surface area contributed by atoms with Gasteiger partial charge in [0.05, 0.1) is 22.6 Å². The van der Waals surface area contributed by atoms with Crippen molar-refractivity contribution in [3.8, 4) is 11.4 Å². The molecule has 4 rings (SSSR count). The number of fused-ring (bicyclic) bond motifs is 1. The van der Waals surface area contributed by atoms with Gasteiger partial charge in [0.25, 0.3) is 0 Å². The summed E-state index contributed by atoms with van der Waals surface area (Å²) in [5.41, 5.74) is 5.19. The van der Waals surface area contributed by atoms with Gasteiger partial charge in [0.1, 0.15) is 5.82 Å². The lowest BCUT2D eigenvalue weighted by Crippen LogP contribution is -2.03. The lowest BCUT2D eigenvalue weighted by molar-refractivity contribution is 0.834. The topological polar surface area (TPSA) is 17.8 Å². The monoisotopic (exact) mass is 366 g/mol. The standard InChI is InChI=1S/C21H16Cl2N2/c1-14-7-6-12-19-20(14)24-21(16-9-3-5-11-18(16)23)25(19)13-15-8-2-4-10-17(15)22/h2-12H,13H2,1H3. The van der Waals surface area contributed by atoms with Crippen LogP contribution in [0.15, 0.2) is 66.7 Å². The molecule has 4 aromatic rings. The van der Waals surface area contributed by atoms with Gasteiger partial charge in [-0.25, -0.2) is 4.98 Å². The Labute approximate surface area is 156 Å². The van der Waals surface area contributed by atoms with Gasteiger partial charge in [0.15, 0.2) is 0 Å². The number of benzene rings is 3. The number of hydrogen-bond acceptors (Lipinski definition) is 1. The number of rotatable bonds is 3. The van der Waals surface area contributed by atoms with Gasteiger partial charge in [-0.15, -0.1) is 0 Å². The lowest BCUT2D eigenvalue weighted by Gasteiger charge is -2.12. The van der Waals surface area contributed by atoms with Crippen LogP contribution in [0, 0.1) is 6.92 Å². The molecule has 0 fully saturated rings. The van der Waals surface area contributed by atoms with Gasteiger partial charge in [0, 0.05) is 10.6 Å². The molecule has 25 heavy (non-hydrogen) atoms. The van der Waals surface area contributed by atoms with E-state index in [1.807, 2.05) is 48.5 Å². The van der Waals surface area contributed by atoms with E-state index in [0.29, 0.717) is 11.6 Å². The van der Waals surface area contributed by atoms with Crippen LogP contribution < -0.4 is 0 Å². The van der Waals surface area contributed by atoms with Gasteiger partial charge in [-0.2, -0.15) is 0 Å². The zero-order chi connectivity index (χ0) is 17.4. The van der Waals surface area contributed by atoms with Crippen LogP contribution in [0.4, 0.5) is 0 Å². The first-order chi connectivity index (χ1) is 12.1. The van der Waals surface area contributed by atoms with Gasteiger partial charge in [-0.05, 0) is 42.3 Å². The molecule has 1 aromatic heterocycles. The van der Waals surface area contributed by atoms with E-state index in [0.717, 1.165) is 38.6 Å². The van der Waals surface area contributed by atoms with Crippen molar-refractivity contribution >= 4 is 34.2 Å². The average molecular weight is 367 g/mol. The van der Waals surface area contributed by atoms with E-state index < -0.39 is 0 Å². The summed E-state index contributed by atoms with van der Waals surface area (Å²) in [6, 6.07) is 21.9.